The SMILES string of the molecule is NC(=O)c1ccc(N)c(Sc2ccc3c(c2)CCC3)c1. The molecule has 0 heterocycles. The van der Waals surface area contributed by atoms with E-state index in [1.54, 1.807) is 30.0 Å². The highest BCUT2D eigenvalue weighted by Gasteiger charge is 2.12. The maximum Gasteiger partial charge on any atom is 0.248 e. The molecule has 0 atom stereocenters. The Kier molecular flexibility index (Phi) is 3.40. The normalized spacial score (nSPS) is 13.2. The van der Waals surface area contributed by atoms with Gasteiger partial charge in [-0.25, -0.2) is 0 Å². The number of nitrogen functional groups attached to an aromatic ring is 1. The molecule has 102 valence electrons. The summed E-state index contributed by atoms with van der Waals surface area (Å²) in [6.45, 7) is 0. The number of fused-ring (bicyclic) bond motifs is 1. The number of carbonyl (C=O) groups is 1. The van der Waals surface area contributed by atoms with E-state index < -0.39 is 5.91 Å². The highest BCUT2D eigenvalue weighted by molar-refractivity contribution is 7.99. The quantitative estimate of drug-likeness (QED) is 0.851. The topological polar surface area (TPSA) is 69.1 Å². The minimum atomic E-state index is -0.430. The van der Waals surface area contributed by atoms with Crippen LogP contribution in [0.25, 0.3) is 0 Å². The van der Waals surface area contributed by atoms with E-state index >= 15 is 0 Å². The van der Waals surface area contributed by atoms with Gasteiger partial charge >= 0.3 is 0 Å². The number of nitrogens with two attached hydrogens (primary N) is 2. The zero-order valence-corrected chi connectivity index (χ0v) is 11.9. The van der Waals surface area contributed by atoms with Crippen LogP contribution in [-0.4, -0.2) is 5.91 Å². The summed E-state index contributed by atoms with van der Waals surface area (Å²) < 4.78 is 0. The number of benzene rings is 2. The van der Waals surface area contributed by atoms with Crippen molar-refractivity contribution >= 4 is 23.4 Å². The van der Waals surface area contributed by atoms with Gasteiger partial charge in [0.1, 0.15) is 0 Å². The minimum absolute atomic E-state index is 0.430. The lowest BCUT2D eigenvalue weighted by molar-refractivity contribution is 0.1000. The van der Waals surface area contributed by atoms with Gasteiger partial charge in [-0.15, -0.1) is 0 Å². The molecule has 0 aliphatic heterocycles. The standard InChI is InChI=1S/C16H16N2OS/c17-14-7-5-12(16(18)19)9-15(14)20-13-6-4-10-2-1-3-11(10)8-13/h4-9H,1-3,17H2,(H2,18,19). The van der Waals surface area contributed by atoms with Gasteiger partial charge in [0.15, 0.2) is 0 Å². The minimum Gasteiger partial charge on any atom is -0.398 e. The molecular formula is C16H16N2OS. The molecule has 4 heteroatoms. The molecule has 0 spiro atoms. The second-order valence-electron chi connectivity index (χ2n) is 5.00. The molecule has 0 saturated heterocycles. The van der Waals surface area contributed by atoms with E-state index in [2.05, 4.69) is 18.2 Å². The van der Waals surface area contributed by atoms with E-state index in [1.807, 2.05) is 0 Å². The predicted molar refractivity (Wildman–Crippen MR) is 82.0 cm³/mol. The Labute approximate surface area is 122 Å². The molecule has 0 aromatic heterocycles. The number of amides is 1. The van der Waals surface area contributed by atoms with Gasteiger partial charge in [0.2, 0.25) is 5.91 Å². The summed E-state index contributed by atoms with van der Waals surface area (Å²) in [5.41, 5.74) is 15.3. The summed E-state index contributed by atoms with van der Waals surface area (Å²) >= 11 is 1.58. The average Bonchev–Trinajstić information content (AvgIpc) is 2.88. The van der Waals surface area contributed by atoms with Crippen LogP contribution < -0.4 is 11.5 Å². The zero-order chi connectivity index (χ0) is 14.1. The van der Waals surface area contributed by atoms with Gasteiger partial charge in [0, 0.05) is 21.0 Å². The fourth-order valence-corrected chi connectivity index (χ4v) is 3.48. The molecule has 0 saturated carbocycles. The van der Waals surface area contributed by atoms with Crippen LogP contribution in [0.5, 0.6) is 0 Å². The summed E-state index contributed by atoms with van der Waals surface area (Å²) in [6, 6.07) is 11.7. The molecule has 1 aliphatic carbocycles. The van der Waals surface area contributed by atoms with Crippen LogP contribution in [-0.2, 0) is 12.8 Å². The molecule has 3 nitrogen and oxygen atoms in total. The summed E-state index contributed by atoms with van der Waals surface area (Å²) in [4.78, 5) is 13.3. The van der Waals surface area contributed by atoms with Gasteiger partial charge in [0.25, 0.3) is 0 Å². The first kappa shape index (κ1) is 13.1. The van der Waals surface area contributed by atoms with Crippen LogP contribution in [0.15, 0.2) is 46.2 Å². The lowest BCUT2D eigenvalue weighted by atomic mass is 10.1. The maximum atomic E-state index is 11.2. The van der Waals surface area contributed by atoms with E-state index in [0.717, 1.165) is 16.2 Å². The van der Waals surface area contributed by atoms with Crippen molar-refractivity contribution < 1.29 is 4.79 Å². The zero-order valence-electron chi connectivity index (χ0n) is 11.1. The molecule has 1 amide bonds. The molecule has 2 aromatic carbocycles. The molecule has 20 heavy (non-hydrogen) atoms. The van der Waals surface area contributed by atoms with E-state index in [-0.39, 0.29) is 0 Å². The van der Waals surface area contributed by atoms with Crippen molar-refractivity contribution in [3.8, 4) is 0 Å². The van der Waals surface area contributed by atoms with E-state index in [1.165, 1.54) is 24.0 Å². The predicted octanol–water partition coefficient (Wildman–Crippen LogP) is 3.01. The Morgan fingerprint density at radius 3 is 2.65 bits per heavy atom. The lowest BCUT2D eigenvalue weighted by Crippen LogP contribution is -2.11. The van der Waals surface area contributed by atoms with Crippen LogP contribution in [0, 0.1) is 0 Å². The fraction of sp³-hybridized carbons (Fsp3) is 0.188. The Morgan fingerprint density at radius 2 is 1.85 bits per heavy atom. The van der Waals surface area contributed by atoms with Crippen LogP contribution >= 0.6 is 11.8 Å². The number of hydrogen-bond donors (Lipinski definition) is 2. The van der Waals surface area contributed by atoms with Crippen molar-refractivity contribution in [3.63, 3.8) is 0 Å². The molecule has 4 N–H and O–H groups in total. The summed E-state index contributed by atoms with van der Waals surface area (Å²) in [5.74, 6) is -0.430. The van der Waals surface area contributed by atoms with Gasteiger partial charge in [-0.1, -0.05) is 17.8 Å². The van der Waals surface area contributed by atoms with Crippen LogP contribution in [0.2, 0.25) is 0 Å². The van der Waals surface area contributed by atoms with E-state index in [4.69, 9.17) is 11.5 Å². The number of carbonyl (C=O) groups excluding carboxylic acids is 1. The number of rotatable bonds is 3. The number of hydrogen-bond acceptors (Lipinski definition) is 3. The Morgan fingerprint density at radius 1 is 1.05 bits per heavy atom. The van der Waals surface area contributed by atoms with Crippen LogP contribution in [0.3, 0.4) is 0 Å². The smallest absolute Gasteiger partial charge is 0.248 e. The first-order chi connectivity index (χ1) is 9.63. The molecule has 2 aromatic rings. The summed E-state index contributed by atoms with van der Waals surface area (Å²) in [5, 5.41) is 0. The van der Waals surface area contributed by atoms with Crippen molar-refractivity contribution in [1.29, 1.82) is 0 Å². The van der Waals surface area contributed by atoms with Gasteiger partial charge in [0.05, 0.1) is 0 Å². The van der Waals surface area contributed by atoms with Gasteiger partial charge in [-0.3, -0.25) is 4.79 Å². The molecule has 0 bridgehead atoms. The third kappa shape index (κ3) is 2.51. The van der Waals surface area contributed by atoms with Gasteiger partial charge < -0.3 is 11.5 Å². The first-order valence-corrected chi connectivity index (χ1v) is 7.44. The molecule has 0 unspecified atom stereocenters. The summed E-state index contributed by atoms with van der Waals surface area (Å²) in [7, 11) is 0. The van der Waals surface area contributed by atoms with Gasteiger partial charge in [-0.2, -0.15) is 0 Å². The second kappa shape index (κ2) is 5.21. The maximum absolute atomic E-state index is 11.2. The number of anilines is 1. The van der Waals surface area contributed by atoms with Crippen LogP contribution in [0.4, 0.5) is 5.69 Å². The van der Waals surface area contributed by atoms with Crippen molar-refractivity contribution in [2.75, 3.05) is 5.73 Å². The number of primary amides is 1. The van der Waals surface area contributed by atoms with Crippen molar-refractivity contribution in [2.45, 2.75) is 29.1 Å². The van der Waals surface area contributed by atoms with E-state index in [0.29, 0.717) is 11.3 Å². The van der Waals surface area contributed by atoms with Gasteiger partial charge in [-0.05, 0) is 60.7 Å². The Hall–Kier alpha value is -1.94. The third-order valence-corrected chi connectivity index (χ3v) is 4.66. The molecule has 0 fully saturated rings. The van der Waals surface area contributed by atoms with Crippen molar-refractivity contribution in [1.82, 2.24) is 0 Å². The van der Waals surface area contributed by atoms with Crippen molar-refractivity contribution in [3.05, 3.63) is 53.1 Å². The fourth-order valence-electron chi connectivity index (χ4n) is 2.51. The highest BCUT2D eigenvalue weighted by Crippen LogP contribution is 2.35. The molecule has 3 rings (SSSR count). The number of aryl methyl sites for hydroxylation is 2. The van der Waals surface area contributed by atoms with Crippen molar-refractivity contribution in [2.24, 2.45) is 5.73 Å². The second-order valence-corrected chi connectivity index (χ2v) is 6.12. The Bertz CT molecular complexity index is 682. The lowest BCUT2D eigenvalue weighted by Gasteiger charge is -2.08. The Balaban J connectivity index is 1.91. The monoisotopic (exact) mass is 284 g/mol. The third-order valence-electron chi connectivity index (χ3n) is 3.60. The first-order valence-electron chi connectivity index (χ1n) is 6.62. The van der Waals surface area contributed by atoms with E-state index in [9.17, 15) is 4.79 Å². The highest BCUT2D eigenvalue weighted by atomic mass is 32.2. The average molecular weight is 284 g/mol. The largest absolute Gasteiger partial charge is 0.398 e. The molecule has 0 radical (unpaired) electrons. The molecule has 1 aliphatic rings. The molecular weight excluding hydrogens is 268 g/mol. The van der Waals surface area contributed by atoms with Crippen LogP contribution in [0.1, 0.15) is 27.9 Å². The summed E-state index contributed by atoms with van der Waals surface area (Å²) in [6.07, 6.45) is 3.57.